The van der Waals surface area contributed by atoms with Gasteiger partial charge in [0.2, 0.25) is 11.9 Å². The van der Waals surface area contributed by atoms with E-state index in [1.165, 1.54) is 0 Å². The molecule has 0 aliphatic heterocycles. The molecule has 0 saturated heterocycles. The molecule has 5 heterocycles. The highest BCUT2D eigenvalue weighted by Crippen LogP contribution is 2.43. The Bertz CT molecular complexity index is 3490. The van der Waals surface area contributed by atoms with Gasteiger partial charge in [0.05, 0.1) is 33.3 Å². The summed E-state index contributed by atoms with van der Waals surface area (Å²) in [6.07, 6.45) is 0. The van der Waals surface area contributed by atoms with Gasteiger partial charge in [-0.2, -0.15) is 0 Å². The lowest BCUT2D eigenvalue weighted by molar-refractivity contribution is 0.666. The average Bonchev–Trinajstić information content (AvgIpc) is 3.91. The summed E-state index contributed by atoms with van der Waals surface area (Å²) in [5.41, 5.74) is 10.8. The highest BCUT2D eigenvalue weighted by Gasteiger charge is 2.25. The lowest BCUT2D eigenvalue weighted by atomic mass is 10.1. The number of fused-ring (bicyclic) bond motifs is 11. The molecule has 0 amide bonds. The van der Waals surface area contributed by atoms with Gasteiger partial charge in [-0.25, -0.2) is 19.9 Å². The average molecular weight is 705 g/mol. The first-order chi connectivity index (χ1) is 27.3. The van der Waals surface area contributed by atoms with Gasteiger partial charge in [0.15, 0.2) is 5.58 Å². The first-order valence-electron chi connectivity index (χ1n) is 18.3. The lowest BCUT2D eigenvalue weighted by Crippen LogP contribution is -2.04. The van der Waals surface area contributed by atoms with Gasteiger partial charge in [0.25, 0.3) is 0 Å². The minimum absolute atomic E-state index is 0.569. The zero-order valence-electron chi connectivity index (χ0n) is 29.3. The van der Waals surface area contributed by atoms with Crippen LogP contribution in [-0.4, -0.2) is 29.1 Å². The van der Waals surface area contributed by atoms with Gasteiger partial charge in [0, 0.05) is 43.4 Å². The molecular weight excluding hydrogens is 677 g/mol. The van der Waals surface area contributed by atoms with Gasteiger partial charge >= 0.3 is 0 Å². The maximum atomic E-state index is 6.46. The lowest BCUT2D eigenvalue weighted by Gasteiger charge is -2.12. The van der Waals surface area contributed by atoms with E-state index in [9.17, 15) is 0 Å². The zero-order valence-corrected chi connectivity index (χ0v) is 29.3. The molecular formula is C48H28N6O. The molecule has 0 aliphatic rings. The summed E-state index contributed by atoms with van der Waals surface area (Å²) in [5, 5.41) is 6.36. The van der Waals surface area contributed by atoms with Crippen LogP contribution in [0.3, 0.4) is 0 Å². The van der Waals surface area contributed by atoms with E-state index in [2.05, 4.69) is 124 Å². The van der Waals surface area contributed by atoms with E-state index in [0.717, 1.165) is 93.5 Å². The van der Waals surface area contributed by atoms with Gasteiger partial charge in [-0.3, -0.25) is 9.13 Å². The Labute approximate surface area is 313 Å². The van der Waals surface area contributed by atoms with Crippen molar-refractivity contribution in [3.8, 4) is 34.4 Å². The third-order valence-electron chi connectivity index (χ3n) is 10.8. The molecule has 0 bridgehead atoms. The molecule has 0 N–H and O–H groups in total. The van der Waals surface area contributed by atoms with Crippen molar-refractivity contribution >= 4 is 76.6 Å². The number of furan rings is 1. The highest BCUT2D eigenvalue weighted by molar-refractivity contribution is 6.26. The smallest absolute Gasteiger partial charge is 0.236 e. The number of para-hydroxylation sites is 4. The molecule has 7 aromatic carbocycles. The predicted octanol–water partition coefficient (Wildman–Crippen LogP) is 11.8. The topological polar surface area (TPSA) is 74.6 Å². The van der Waals surface area contributed by atoms with Crippen molar-refractivity contribution in [2.45, 2.75) is 0 Å². The van der Waals surface area contributed by atoms with Gasteiger partial charge in [0.1, 0.15) is 16.8 Å². The van der Waals surface area contributed by atoms with E-state index in [1.807, 2.05) is 54.6 Å². The van der Waals surface area contributed by atoms with E-state index in [4.69, 9.17) is 24.4 Å². The molecule has 7 nitrogen and oxygen atoms in total. The predicted molar refractivity (Wildman–Crippen MR) is 222 cm³/mol. The summed E-state index contributed by atoms with van der Waals surface area (Å²) < 4.78 is 10.9. The number of rotatable bonds is 4. The van der Waals surface area contributed by atoms with Crippen LogP contribution in [0.1, 0.15) is 0 Å². The molecule has 0 unspecified atom stereocenters. The molecule has 7 heteroatoms. The Morgan fingerprint density at radius 1 is 0.382 bits per heavy atom. The first-order valence-corrected chi connectivity index (χ1v) is 18.3. The number of aromatic nitrogens is 6. The molecule has 256 valence electrons. The molecule has 0 spiro atoms. The van der Waals surface area contributed by atoms with Crippen LogP contribution in [0, 0.1) is 0 Å². The highest BCUT2D eigenvalue weighted by atomic mass is 16.3. The first kappa shape index (κ1) is 29.9. The van der Waals surface area contributed by atoms with E-state index in [-0.39, 0.29) is 0 Å². The second-order valence-corrected chi connectivity index (χ2v) is 13.8. The summed E-state index contributed by atoms with van der Waals surface area (Å²) in [5.74, 6) is 1.18. The molecule has 12 aromatic rings. The van der Waals surface area contributed by atoms with Crippen molar-refractivity contribution in [3.05, 3.63) is 170 Å². The van der Waals surface area contributed by atoms with Crippen LogP contribution in [0.2, 0.25) is 0 Å². The van der Waals surface area contributed by atoms with Crippen molar-refractivity contribution in [2.75, 3.05) is 0 Å². The maximum Gasteiger partial charge on any atom is 0.236 e. The molecule has 55 heavy (non-hydrogen) atoms. The third-order valence-corrected chi connectivity index (χ3v) is 10.8. The molecule has 0 radical (unpaired) electrons. The molecule has 12 rings (SSSR count). The number of hydrogen-bond donors (Lipinski definition) is 0. The summed E-state index contributed by atoms with van der Waals surface area (Å²) in [6.45, 7) is 0. The summed E-state index contributed by atoms with van der Waals surface area (Å²) in [4.78, 5) is 21.3. The Balaban J connectivity index is 1.23. The van der Waals surface area contributed by atoms with Gasteiger partial charge in [-0.15, -0.1) is 0 Å². The van der Waals surface area contributed by atoms with Crippen molar-refractivity contribution in [1.29, 1.82) is 0 Å². The Kier molecular flexibility index (Phi) is 6.21. The SMILES string of the molecule is c1ccc(-c2nc(-n3c4ccccc4c4ccc5c(c6ccccc6n5-c5nc(-c6ccccc6)c6oc7ccccc7c6n5)c43)nc3ccccc23)cc1. The van der Waals surface area contributed by atoms with E-state index >= 15 is 0 Å². The number of benzene rings is 7. The summed E-state index contributed by atoms with van der Waals surface area (Å²) in [6, 6.07) is 58.4. The zero-order chi connectivity index (χ0) is 36.0. The van der Waals surface area contributed by atoms with E-state index in [1.54, 1.807) is 0 Å². The molecule has 0 saturated carbocycles. The standard InChI is InChI=1S/C48H28N6O/c1-3-15-29(16-4-1)42-33-20-7-11-23-36(33)49-47(50-42)54-37-24-12-8-19-31(37)32-27-28-39-41(45(32)54)34-21-9-13-25-38(34)53(39)48-51-43(30-17-5-2-6-18-30)46-44(52-48)35-22-10-14-26-40(35)55-46/h1-28H. The van der Waals surface area contributed by atoms with Gasteiger partial charge in [-0.1, -0.05) is 133 Å². The second-order valence-electron chi connectivity index (χ2n) is 13.8. The fourth-order valence-electron chi connectivity index (χ4n) is 8.38. The molecule has 0 fully saturated rings. The summed E-state index contributed by atoms with van der Waals surface area (Å²) >= 11 is 0. The van der Waals surface area contributed by atoms with Crippen LogP contribution in [0.15, 0.2) is 174 Å². The van der Waals surface area contributed by atoms with Crippen LogP contribution in [0.4, 0.5) is 0 Å². The van der Waals surface area contributed by atoms with E-state index < -0.39 is 0 Å². The Morgan fingerprint density at radius 2 is 0.964 bits per heavy atom. The fraction of sp³-hybridized carbons (Fsp3) is 0. The fourth-order valence-corrected chi connectivity index (χ4v) is 8.38. The minimum atomic E-state index is 0.569. The van der Waals surface area contributed by atoms with Crippen LogP contribution in [0.25, 0.3) is 111 Å². The van der Waals surface area contributed by atoms with Crippen molar-refractivity contribution in [1.82, 2.24) is 29.1 Å². The number of hydrogen-bond acceptors (Lipinski definition) is 5. The van der Waals surface area contributed by atoms with Crippen LogP contribution < -0.4 is 0 Å². The molecule has 5 aromatic heterocycles. The van der Waals surface area contributed by atoms with Crippen LogP contribution >= 0.6 is 0 Å². The number of nitrogens with zero attached hydrogens (tertiary/aromatic N) is 6. The third kappa shape index (κ3) is 4.32. The molecule has 0 atom stereocenters. The monoisotopic (exact) mass is 704 g/mol. The van der Waals surface area contributed by atoms with Crippen LogP contribution in [0.5, 0.6) is 0 Å². The van der Waals surface area contributed by atoms with Crippen molar-refractivity contribution < 1.29 is 4.42 Å². The van der Waals surface area contributed by atoms with E-state index in [0.29, 0.717) is 17.5 Å². The van der Waals surface area contributed by atoms with Gasteiger partial charge in [-0.05, 0) is 36.4 Å². The molecule has 0 aliphatic carbocycles. The Hall–Kier alpha value is -7.64. The Morgan fingerprint density at radius 3 is 1.75 bits per heavy atom. The van der Waals surface area contributed by atoms with Crippen molar-refractivity contribution in [3.63, 3.8) is 0 Å². The van der Waals surface area contributed by atoms with Gasteiger partial charge < -0.3 is 4.42 Å². The minimum Gasteiger partial charge on any atom is -0.452 e. The van der Waals surface area contributed by atoms with Crippen LogP contribution in [-0.2, 0) is 0 Å². The maximum absolute atomic E-state index is 6.46. The largest absolute Gasteiger partial charge is 0.452 e. The van der Waals surface area contributed by atoms with Crippen molar-refractivity contribution in [2.24, 2.45) is 0 Å². The normalized spacial score (nSPS) is 12.0. The summed E-state index contributed by atoms with van der Waals surface area (Å²) in [7, 11) is 0. The second kappa shape index (κ2) is 11.4. The quantitative estimate of drug-likeness (QED) is 0.182.